The Balaban J connectivity index is 2.01. The number of rotatable bonds is 2. The molecule has 0 fully saturated rings. The van der Waals surface area contributed by atoms with Gasteiger partial charge in [0.05, 0.1) is 22.8 Å². The van der Waals surface area contributed by atoms with E-state index in [1.165, 1.54) is 11.3 Å². The second-order valence-corrected chi connectivity index (χ2v) is 5.94. The molecule has 0 atom stereocenters. The van der Waals surface area contributed by atoms with Crippen LogP contribution in [0.3, 0.4) is 0 Å². The van der Waals surface area contributed by atoms with E-state index in [2.05, 4.69) is 20.3 Å². The summed E-state index contributed by atoms with van der Waals surface area (Å²) in [4.78, 5) is 12.3. The van der Waals surface area contributed by atoms with Gasteiger partial charge in [-0.15, -0.1) is 11.3 Å². The fourth-order valence-electron chi connectivity index (χ4n) is 2.38. The monoisotopic (exact) mass is 314 g/mol. The molecule has 0 unspecified atom stereocenters. The first-order valence-electron chi connectivity index (χ1n) is 6.51. The number of thiazole rings is 1. The quantitative estimate of drug-likeness (QED) is 0.925. The summed E-state index contributed by atoms with van der Waals surface area (Å²) in [7, 11) is 0. The van der Waals surface area contributed by atoms with Crippen LogP contribution in [0.4, 0.5) is 13.2 Å². The number of hydrogen-bond acceptors (Lipinski definition) is 5. The van der Waals surface area contributed by atoms with Crippen LogP contribution in [0.1, 0.15) is 33.5 Å². The molecule has 8 heteroatoms. The van der Waals surface area contributed by atoms with Crippen LogP contribution < -0.4 is 5.32 Å². The maximum atomic E-state index is 13.2. The average Bonchev–Trinajstić information content (AvgIpc) is 2.82. The van der Waals surface area contributed by atoms with Crippen molar-refractivity contribution in [1.82, 2.24) is 20.3 Å². The minimum atomic E-state index is -4.45. The Morgan fingerprint density at radius 3 is 2.76 bits per heavy atom. The van der Waals surface area contributed by atoms with Gasteiger partial charge in [-0.3, -0.25) is 0 Å². The van der Waals surface area contributed by atoms with Crippen LogP contribution in [-0.2, 0) is 25.6 Å². The normalized spacial score (nSPS) is 15.0. The lowest BCUT2D eigenvalue weighted by molar-refractivity contribution is -0.142. The standard InChI is InChI=1S/C13H13F3N4S/c1-7-18-8(6-21-7)4-11-19-10-5-17-3-2-9(10)12(20-11)13(14,15)16/h6,17H,2-5H2,1H3. The van der Waals surface area contributed by atoms with Gasteiger partial charge in [0.2, 0.25) is 0 Å². The number of hydrogen-bond donors (Lipinski definition) is 1. The number of aromatic nitrogens is 3. The zero-order chi connectivity index (χ0) is 15.0. The summed E-state index contributed by atoms with van der Waals surface area (Å²) >= 11 is 1.46. The molecule has 0 aromatic carbocycles. The summed E-state index contributed by atoms with van der Waals surface area (Å²) in [6, 6.07) is 0. The van der Waals surface area contributed by atoms with Crippen molar-refractivity contribution < 1.29 is 13.2 Å². The molecule has 21 heavy (non-hydrogen) atoms. The third kappa shape index (κ3) is 3.06. The molecule has 3 heterocycles. The zero-order valence-corrected chi connectivity index (χ0v) is 12.1. The minimum absolute atomic E-state index is 0.176. The topological polar surface area (TPSA) is 50.7 Å². The molecule has 0 bridgehead atoms. The highest BCUT2D eigenvalue weighted by atomic mass is 32.1. The first-order chi connectivity index (χ1) is 9.93. The van der Waals surface area contributed by atoms with Crippen LogP contribution in [0.15, 0.2) is 5.38 Å². The van der Waals surface area contributed by atoms with Crippen molar-refractivity contribution >= 4 is 11.3 Å². The minimum Gasteiger partial charge on any atom is -0.311 e. The Morgan fingerprint density at radius 2 is 2.10 bits per heavy atom. The average molecular weight is 314 g/mol. The number of fused-ring (bicyclic) bond motifs is 1. The number of alkyl halides is 3. The summed E-state index contributed by atoms with van der Waals surface area (Å²) in [6.07, 6.45) is -3.92. The Bertz CT molecular complexity index is 666. The molecule has 0 aliphatic carbocycles. The van der Waals surface area contributed by atoms with Crippen LogP contribution in [-0.4, -0.2) is 21.5 Å². The molecular formula is C13H13F3N4S. The summed E-state index contributed by atoms with van der Waals surface area (Å²) in [6.45, 7) is 2.72. The molecule has 0 saturated carbocycles. The van der Waals surface area contributed by atoms with E-state index in [-0.39, 0.29) is 17.8 Å². The number of halogens is 3. The van der Waals surface area contributed by atoms with Crippen molar-refractivity contribution in [1.29, 1.82) is 0 Å². The van der Waals surface area contributed by atoms with Gasteiger partial charge < -0.3 is 5.32 Å². The van der Waals surface area contributed by atoms with E-state index >= 15 is 0 Å². The molecule has 1 aliphatic rings. The molecule has 0 saturated heterocycles. The van der Waals surface area contributed by atoms with Crippen molar-refractivity contribution in [3.05, 3.63) is 38.9 Å². The molecule has 2 aromatic heterocycles. The van der Waals surface area contributed by atoms with E-state index in [1.54, 1.807) is 0 Å². The Labute approximate surface area is 123 Å². The number of nitrogens with one attached hydrogen (secondary N) is 1. The second kappa shape index (κ2) is 5.34. The van der Waals surface area contributed by atoms with Crippen molar-refractivity contribution in [2.75, 3.05) is 6.54 Å². The Hall–Kier alpha value is -1.54. The van der Waals surface area contributed by atoms with E-state index < -0.39 is 11.9 Å². The van der Waals surface area contributed by atoms with E-state index in [1.807, 2.05) is 12.3 Å². The van der Waals surface area contributed by atoms with Crippen LogP contribution in [0.25, 0.3) is 0 Å². The smallest absolute Gasteiger partial charge is 0.311 e. The molecule has 0 spiro atoms. The summed E-state index contributed by atoms with van der Waals surface area (Å²) < 4.78 is 39.5. The fourth-order valence-corrected chi connectivity index (χ4v) is 2.99. The van der Waals surface area contributed by atoms with E-state index in [0.29, 0.717) is 30.9 Å². The van der Waals surface area contributed by atoms with Crippen LogP contribution in [0.5, 0.6) is 0 Å². The highest BCUT2D eigenvalue weighted by Crippen LogP contribution is 2.32. The van der Waals surface area contributed by atoms with Gasteiger partial charge in [-0.05, 0) is 19.9 Å². The maximum Gasteiger partial charge on any atom is 0.433 e. The maximum absolute atomic E-state index is 13.2. The summed E-state index contributed by atoms with van der Waals surface area (Å²) in [5.74, 6) is 0.176. The third-order valence-corrected chi connectivity index (χ3v) is 4.08. The lowest BCUT2D eigenvalue weighted by Crippen LogP contribution is -2.29. The highest BCUT2D eigenvalue weighted by molar-refractivity contribution is 7.09. The van der Waals surface area contributed by atoms with Gasteiger partial charge in [-0.2, -0.15) is 13.2 Å². The van der Waals surface area contributed by atoms with Crippen molar-refractivity contribution in [2.24, 2.45) is 0 Å². The lowest BCUT2D eigenvalue weighted by Gasteiger charge is -2.21. The van der Waals surface area contributed by atoms with E-state index in [4.69, 9.17) is 0 Å². The molecule has 0 radical (unpaired) electrons. The molecule has 1 aliphatic heterocycles. The van der Waals surface area contributed by atoms with E-state index in [0.717, 1.165) is 5.01 Å². The third-order valence-electron chi connectivity index (χ3n) is 3.26. The van der Waals surface area contributed by atoms with E-state index in [9.17, 15) is 13.2 Å². The molecular weight excluding hydrogens is 301 g/mol. The van der Waals surface area contributed by atoms with Gasteiger partial charge in [-0.1, -0.05) is 0 Å². The largest absolute Gasteiger partial charge is 0.433 e. The molecule has 2 aromatic rings. The SMILES string of the molecule is Cc1nc(Cc2nc3c(c(C(F)(F)F)n2)CCNC3)cs1. The molecule has 1 N–H and O–H groups in total. The summed E-state index contributed by atoms with van der Waals surface area (Å²) in [5.41, 5.74) is 0.579. The first kappa shape index (κ1) is 14.4. The Kier molecular flexibility index (Phi) is 3.66. The Morgan fingerprint density at radius 1 is 1.29 bits per heavy atom. The van der Waals surface area contributed by atoms with Crippen LogP contribution in [0, 0.1) is 6.92 Å². The molecule has 112 valence electrons. The van der Waals surface area contributed by atoms with Crippen molar-refractivity contribution in [2.45, 2.75) is 32.5 Å². The van der Waals surface area contributed by atoms with Gasteiger partial charge in [0.25, 0.3) is 0 Å². The fraction of sp³-hybridized carbons (Fsp3) is 0.462. The predicted molar refractivity (Wildman–Crippen MR) is 72.1 cm³/mol. The first-order valence-corrected chi connectivity index (χ1v) is 7.39. The molecule has 4 nitrogen and oxygen atoms in total. The predicted octanol–water partition coefficient (Wildman–Crippen LogP) is 2.50. The number of nitrogens with zero attached hydrogens (tertiary/aromatic N) is 3. The number of aryl methyl sites for hydroxylation is 1. The lowest BCUT2D eigenvalue weighted by atomic mass is 10.0. The van der Waals surface area contributed by atoms with Gasteiger partial charge in [0.1, 0.15) is 5.82 Å². The van der Waals surface area contributed by atoms with Crippen molar-refractivity contribution in [3.8, 4) is 0 Å². The van der Waals surface area contributed by atoms with Gasteiger partial charge in [-0.25, -0.2) is 15.0 Å². The van der Waals surface area contributed by atoms with Gasteiger partial charge in [0.15, 0.2) is 5.69 Å². The zero-order valence-electron chi connectivity index (χ0n) is 11.3. The van der Waals surface area contributed by atoms with Gasteiger partial charge >= 0.3 is 6.18 Å². The molecule has 0 amide bonds. The van der Waals surface area contributed by atoms with Crippen LogP contribution in [0.2, 0.25) is 0 Å². The van der Waals surface area contributed by atoms with Crippen LogP contribution >= 0.6 is 11.3 Å². The van der Waals surface area contributed by atoms with Gasteiger partial charge in [0, 0.05) is 17.5 Å². The molecule has 3 rings (SSSR count). The van der Waals surface area contributed by atoms with Crippen molar-refractivity contribution in [3.63, 3.8) is 0 Å². The highest BCUT2D eigenvalue weighted by Gasteiger charge is 2.37. The summed E-state index contributed by atoms with van der Waals surface area (Å²) in [5, 5.41) is 5.74. The second-order valence-electron chi connectivity index (χ2n) is 4.87.